The first-order valence-corrected chi connectivity index (χ1v) is 8.09. The number of hydrogen-bond acceptors (Lipinski definition) is 5. The van der Waals surface area contributed by atoms with E-state index in [-0.39, 0.29) is 5.75 Å². The van der Waals surface area contributed by atoms with Crippen LogP contribution in [0.2, 0.25) is 0 Å². The normalized spacial score (nSPS) is 10.9. The number of hydrogen-bond donors (Lipinski definition) is 1. The van der Waals surface area contributed by atoms with Gasteiger partial charge in [0.15, 0.2) is 13.2 Å². The van der Waals surface area contributed by atoms with Gasteiger partial charge < -0.3 is 19.5 Å². The number of methoxy groups -OCH3 is 1. The number of halogens is 3. The zero-order chi connectivity index (χ0) is 20.7. The predicted octanol–water partition coefficient (Wildman–Crippen LogP) is 3.58. The lowest BCUT2D eigenvalue weighted by Gasteiger charge is -2.12. The van der Waals surface area contributed by atoms with Crippen LogP contribution in [0, 0.1) is 6.92 Å². The average Bonchev–Trinajstić information content (AvgIpc) is 2.64. The van der Waals surface area contributed by atoms with Crippen molar-refractivity contribution in [3.05, 3.63) is 53.6 Å². The summed E-state index contributed by atoms with van der Waals surface area (Å²) in [7, 11) is 1.45. The van der Waals surface area contributed by atoms with Gasteiger partial charge >= 0.3 is 12.1 Å². The summed E-state index contributed by atoms with van der Waals surface area (Å²) in [6, 6.07) is 9.26. The molecule has 0 atom stereocenters. The maximum absolute atomic E-state index is 12.6. The van der Waals surface area contributed by atoms with Gasteiger partial charge in [0.2, 0.25) is 0 Å². The van der Waals surface area contributed by atoms with E-state index in [1.165, 1.54) is 13.2 Å². The van der Waals surface area contributed by atoms with Crippen molar-refractivity contribution in [2.45, 2.75) is 13.1 Å². The lowest BCUT2D eigenvalue weighted by Crippen LogP contribution is -2.24. The number of alkyl halides is 3. The van der Waals surface area contributed by atoms with Crippen LogP contribution in [0.5, 0.6) is 11.5 Å². The Morgan fingerprint density at radius 3 is 2.50 bits per heavy atom. The smallest absolute Gasteiger partial charge is 0.416 e. The second-order valence-corrected chi connectivity index (χ2v) is 5.73. The quantitative estimate of drug-likeness (QED) is 0.723. The standard InChI is InChI=1S/C19H18F3NO5/c1-12-6-7-16(26-2)15(8-12)23-17(24)10-28-18(25)11-27-14-5-3-4-13(9-14)19(20,21)22/h3-9H,10-11H2,1-2H3,(H,23,24). The predicted molar refractivity (Wildman–Crippen MR) is 94.3 cm³/mol. The van der Waals surface area contributed by atoms with Crippen molar-refractivity contribution in [2.24, 2.45) is 0 Å². The van der Waals surface area contributed by atoms with Gasteiger partial charge in [0, 0.05) is 0 Å². The molecule has 2 aromatic rings. The first-order chi connectivity index (χ1) is 13.2. The molecule has 2 aromatic carbocycles. The van der Waals surface area contributed by atoms with Gasteiger partial charge in [-0.05, 0) is 42.8 Å². The van der Waals surface area contributed by atoms with Gasteiger partial charge in [-0.1, -0.05) is 12.1 Å². The molecule has 0 radical (unpaired) electrons. The zero-order valence-corrected chi connectivity index (χ0v) is 15.1. The Hall–Kier alpha value is -3.23. The maximum atomic E-state index is 12.6. The zero-order valence-electron chi connectivity index (χ0n) is 15.1. The Bertz CT molecular complexity index is 852. The fourth-order valence-electron chi connectivity index (χ4n) is 2.20. The Morgan fingerprint density at radius 1 is 1.07 bits per heavy atom. The SMILES string of the molecule is COc1ccc(C)cc1NC(=O)COC(=O)COc1cccc(C(F)(F)F)c1. The van der Waals surface area contributed by atoms with Gasteiger partial charge in [-0.15, -0.1) is 0 Å². The summed E-state index contributed by atoms with van der Waals surface area (Å²) in [5.41, 5.74) is 0.413. The summed E-state index contributed by atoms with van der Waals surface area (Å²) >= 11 is 0. The van der Waals surface area contributed by atoms with E-state index in [0.29, 0.717) is 11.4 Å². The molecule has 150 valence electrons. The average molecular weight is 397 g/mol. The number of carbonyl (C=O) groups excluding carboxylic acids is 2. The highest BCUT2D eigenvalue weighted by molar-refractivity contribution is 5.94. The van der Waals surface area contributed by atoms with E-state index in [1.54, 1.807) is 18.2 Å². The van der Waals surface area contributed by atoms with Gasteiger partial charge in [-0.2, -0.15) is 13.2 Å². The van der Waals surface area contributed by atoms with Crippen molar-refractivity contribution in [3.63, 3.8) is 0 Å². The number of rotatable bonds is 7. The molecule has 9 heteroatoms. The van der Waals surface area contributed by atoms with Crippen molar-refractivity contribution in [2.75, 3.05) is 25.6 Å². The molecule has 0 spiro atoms. The monoisotopic (exact) mass is 397 g/mol. The van der Waals surface area contributed by atoms with E-state index >= 15 is 0 Å². The molecule has 0 aliphatic heterocycles. The topological polar surface area (TPSA) is 73.9 Å². The van der Waals surface area contributed by atoms with Crippen molar-refractivity contribution >= 4 is 17.6 Å². The Labute approximate surface area is 159 Å². The molecule has 28 heavy (non-hydrogen) atoms. The highest BCUT2D eigenvalue weighted by atomic mass is 19.4. The van der Waals surface area contributed by atoms with Crippen molar-refractivity contribution in [1.82, 2.24) is 0 Å². The summed E-state index contributed by atoms with van der Waals surface area (Å²) in [6.07, 6.45) is -4.52. The van der Waals surface area contributed by atoms with E-state index in [0.717, 1.165) is 23.8 Å². The lowest BCUT2D eigenvalue weighted by molar-refractivity contribution is -0.149. The molecular formula is C19H18F3NO5. The summed E-state index contributed by atoms with van der Waals surface area (Å²) < 4.78 is 52.8. The van der Waals surface area contributed by atoms with Gasteiger partial charge in [0.05, 0.1) is 18.4 Å². The fraction of sp³-hybridized carbons (Fsp3) is 0.263. The Balaban J connectivity index is 1.83. The van der Waals surface area contributed by atoms with Crippen LogP contribution in [0.1, 0.15) is 11.1 Å². The molecule has 0 heterocycles. The number of ether oxygens (including phenoxy) is 3. The number of aryl methyl sites for hydroxylation is 1. The number of carbonyl (C=O) groups is 2. The van der Waals surface area contributed by atoms with Gasteiger partial charge in [-0.3, -0.25) is 4.79 Å². The van der Waals surface area contributed by atoms with Crippen LogP contribution >= 0.6 is 0 Å². The third-order valence-electron chi connectivity index (χ3n) is 3.51. The van der Waals surface area contributed by atoms with Crippen LogP contribution < -0.4 is 14.8 Å². The Morgan fingerprint density at radius 2 is 1.82 bits per heavy atom. The molecule has 0 aromatic heterocycles. The van der Waals surface area contributed by atoms with Crippen molar-refractivity contribution in [3.8, 4) is 11.5 Å². The van der Waals surface area contributed by atoms with Crippen LogP contribution in [0.15, 0.2) is 42.5 Å². The molecule has 0 saturated carbocycles. The molecule has 0 saturated heterocycles. The minimum atomic E-state index is -4.52. The first kappa shape index (κ1) is 21.1. The van der Waals surface area contributed by atoms with Crippen molar-refractivity contribution in [1.29, 1.82) is 0 Å². The minimum Gasteiger partial charge on any atom is -0.495 e. The summed E-state index contributed by atoms with van der Waals surface area (Å²) in [4.78, 5) is 23.6. The fourth-order valence-corrected chi connectivity index (χ4v) is 2.20. The molecule has 0 fully saturated rings. The van der Waals surface area contributed by atoms with E-state index in [2.05, 4.69) is 5.32 Å². The third-order valence-corrected chi connectivity index (χ3v) is 3.51. The highest BCUT2D eigenvalue weighted by Gasteiger charge is 2.30. The molecule has 1 N–H and O–H groups in total. The third kappa shape index (κ3) is 6.19. The molecule has 0 unspecified atom stereocenters. The maximum Gasteiger partial charge on any atom is 0.416 e. The number of nitrogens with one attached hydrogen (secondary N) is 1. The Kier molecular flexibility index (Phi) is 6.86. The molecule has 2 rings (SSSR count). The first-order valence-electron chi connectivity index (χ1n) is 8.09. The second-order valence-electron chi connectivity index (χ2n) is 5.73. The number of amides is 1. The van der Waals surface area contributed by atoms with E-state index < -0.39 is 36.8 Å². The van der Waals surface area contributed by atoms with Gasteiger partial charge in [0.1, 0.15) is 11.5 Å². The van der Waals surface area contributed by atoms with E-state index in [4.69, 9.17) is 14.2 Å². The van der Waals surface area contributed by atoms with Crippen LogP contribution in [0.3, 0.4) is 0 Å². The van der Waals surface area contributed by atoms with Gasteiger partial charge in [0.25, 0.3) is 5.91 Å². The van der Waals surface area contributed by atoms with Crippen LogP contribution in [0.25, 0.3) is 0 Å². The lowest BCUT2D eigenvalue weighted by atomic mass is 10.2. The largest absolute Gasteiger partial charge is 0.495 e. The highest BCUT2D eigenvalue weighted by Crippen LogP contribution is 2.31. The summed E-state index contributed by atoms with van der Waals surface area (Å²) in [5.74, 6) is -1.20. The molecule has 0 aliphatic carbocycles. The van der Waals surface area contributed by atoms with Crippen LogP contribution in [0.4, 0.5) is 18.9 Å². The number of benzene rings is 2. The summed E-state index contributed by atoms with van der Waals surface area (Å²) in [5, 5.41) is 2.55. The minimum absolute atomic E-state index is 0.138. The van der Waals surface area contributed by atoms with Crippen molar-refractivity contribution < 1.29 is 37.0 Å². The number of anilines is 1. The number of esters is 1. The molecule has 0 aliphatic rings. The molecule has 6 nitrogen and oxygen atoms in total. The van der Waals surface area contributed by atoms with E-state index in [9.17, 15) is 22.8 Å². The van der Waals surface area contributed by atoms with Gasteiger partial charge in [-0.25, -0.2) is 4.79 Å². The molecular weight excluding hydrogens is 379 g/mol. The van der Waals surface area contributed by atoms with Crippen LogP contribution in [-0.2, 0) is 20.5 Å². The van der Waals surface area contributed by atoms with Crippen LogP contribution in [-0.4, -0.2) is 32.2 Å². The van der Waals surface area contributed by atoms with E-state index in [1.807, 2.05) is 6.92 Å². The molecule has 1 amide bonds. The second kappa shape index (κ2) is 9.12. The molecule has 0 bridgehead atoms. The summed E-state index contributed by atoms with van der Waals surface area (Å²) in [6.45, 7) is 0.616.